The van der Waals surface area contributed by atoms with E-state index in [9.17, 15) is 13.2 Å². The molecule has 1 aliphatic heterocycles. The molecule has 0 fully saturated rings. The van der Waals surface area contributed by atoms with Gasteiger partial charge in [0, 0.05) is 13.1 Å². The highest BCUT2D eigenvalue weighted by Gasteiger charge is 2.39. The number of nitrogens with zero attached hydrogens (tertiary/aromatic N) is 2. The van der Waals surface area contributed by atoms with Crippen molar-refractivity contribution >= 4 is 5.71 Å². The molecule has 0 amide bonds. The first-order chi connectivity index (χ1) is 6.95. The van der Waals surface area contributed by atoms with Crippen LogP contribution in [-0.4, -0.2) is 44.0 Å². The second kappa shape index (κ2) is 4.65. The summed E-state index contributed by atoms with van der Waals surface area (Å²) >= 11 is 0. The third-order valence-electron chi connectivity index (χ3n) is 2.10. The summed E-state index contributed by atoms with van der Waals surface area (Å²) < 4.78 is 37.6. The molecule has 15 heavy (non-hydrogen) atoms. The third-order valence-corrected chi connectivity index (χ3v) is 2.10. The van der Waals surface area contributed by atoms with Crippen LogP contribution in [0.4, 0.5) is 13.2 Å². The summed E-state index contributed by atoms with van der Waals surface area (Å²) in [6.07, 6.45) is -2.30. The Hall–Kier alpha value is -1.04. The zero-order valence-electron chi connectivity index (χ0n) is 8.64. The first-order valence-electron chi connectivity index (χ1n) is 4.51. The molecule has 0 aromatic rings. The summed E-state index contributed by atoms with van der Waals surface area (Å²) in [6.45, 7) is 1.02. The van der Waals surface area contributed by atoms with Crippen LogP contribution >= 0.6 is 0 Å². The molecule has 6 heteroatoms. The molecule has 1 heterocycles. The van der Waals surface area contributed by atoms with Crippen molar-refractivity contribution in [3.05, 3.63) is 11.6 Å². The minimum atomic E-state index is -4.46. The third kappa shape index (κ3) is 3.23. The summed E-state index contributed by atoms with van der Waals surface area (Å²) in [5.41, 5.74) is -0.755. The minimum Gasteiger partial charge on any atom is -0.399 e. The Morgan fingerprint density at radius 3 is 2.67 bits per heavy atom. The second-order valence-electron chi connectivity index (χ2n) is 3.38. The Labute approximate surface area is 86.2 Å². The Balaban J connectivity index is 2.91. The maximum absolute atomic E-state index is 12.5. The Morgan fingerprint density at radius 2 is 2.20 bits per heavy atom. The molecule has 0 saturated heterocycles. The van der Waals surface area contributed by atoms with Crippen molar-refractivity contribution in [1.29, 1.82) is 0 Å². The van der Waals surface area contributed by atoms with E-state index < -0.39 is 11.9 Å². The largest absolute Gasteiger partial charge is 0.436 e. The van der Waals surface area contributed by atoms with Crippen LogP contribution in [0.25, 0.3) is 0 Å². The predicted molar refractivity (Wildman–Crippen MR) is 50.7 cm³/mol. The van der Waals surface area contributed by atoms with E-state index in [4.69, 9.17) is 0 Å². The van der Waals surface area contributed by atoms with Crippen LogP contribution in [0.5, 0.6) is 0 Å². The molecule has 0 aromatic carbocycles. The molecule has 0 aliphatic carbocycles. The molecule has 0 radical (unpaired) electrons. The van der Waals surface area contributed by atoms with Crippen molar-refractivity contribution < 1.29 is 18.0 Å². The highest BCUT2D eigenvalue weighted by atomic mass is 19.4. The van der Waals surface area contributed by atoms with E-state index in [0.29, 0.717) is 6.42 Å². The van der Waals surface area contributed by atoms with Crippen molar-refractivity contribution in [3.63, 3.8) is 0 Å². The number of halogens is 3. The van der Waals surface area contributed by atoms with E-state index in [1.807, 2.05) is 4.90 Å². The lowest BCUT2D eigenvalue weighted by atomic mass is 10.1. The van der Waals surface area contributed by atoms with E-state index in [1.165, 1.54) is 0 Å². The van der Waals surface area contributed by atoms with Crippen LogP contribution in [0.3, 0.4) is 0 Å². The summed E-state index contributed by atoms with van der Waals surface area (Å²) in [7, 11) is 2.88. The summed E-state index contributed by atoms with van der Waals surface area (Å²) in [4.78, 5) is 6.04. The number of likely N-dealkylation sites (N-methyl/N-ethyl adjacent to an activating group) is 1. The van der Waals surface area contributed by atoms with Crippen molar-refractivity contribution in [2.24, 2.45) is 5.16 Å². The summed E-state index contributed by atoms with van der Waals surface area (Å²) in [5.74, 6) is 0. The number of oxime groups is 1. The fourth-order valence-electron chi connectivity index (χ4n) is 1.45. The van der Waals surface area contributed by atoms with Gasteiger partial charge in [0.25, 0.3) is 0 Å². The zero-order valence-corrected chi connectivity index (χ0v) is 8.64. The molecule has 0 aromatic heterocycles. The Kier molecular flexibility index (Phi) is 3.73. The molecular weight excluding hydrogens is 209 g/mol. The molecule has 86 valence electrons. The highest BCUT2D eigenvalue weighted by Crippen LogP contribution is 2.24. The van der Waals surface area contributed by atoms with Crippen LogP contribution in [0.2, 0.25) is 0 Å². The van der Waals surface area contributed by atoms with E-state index in [-0.39, 0.29) is 12.1 Å². The van der Waals surface area contributed by atoms with Gasteiger partial charge in [0.05, 0.1) is 0 Å². The molecule has 0 saturated carbocycles. The molecule has 0 N–H and O–H groups in total. The van der Waals surface area contributed by atoms with Gasteiger partial charge in [-0.15, -0.1) is 0 Å². The lowest BCUT2D eigenvalue weighted by Crippen LogP contribution is -2.34. The standard InChI is InChI=1S/C9H13F3N2O/c1-14-5-3-4-7(6-14)8(13-15-2)9(10,11)12/h4H,3,5-6H2,1-2H3/b13-8+. The monoisotopic (exact) mass is 222 g/mol. The van der Waals surface area contributed by atoms with Crippen molar-refractivity contribution in [1.82, 2.24) is 4.90 Å². The van der Waals surface area contributed by atoms with Gasteiger partial charge in [-0.05, 0) is 19.0 Å². The van der Waals surface area contributed by atoms with Crippen LogP contribution in [0.15, 0.2) is 16.8 Å². The molecule has 1 aliphatic rings. The fraction of sp³-hybridized carbons (Fsp3) is 0.667. The van der Waals surface area contributed by atoms with E-state index >= 15 is 0 Å². The van der Waals surface area contributed by atoms with Gasteiger partial charge in [0.1, 0.15) is 7.11 Å². The first kappa shape index (κ1) is 12.0. The molecule has 0 spiro atoms. The molecule has 0 bridgehead atoms. The average Bonchev–Trinajstić information content (AvgIpc) is 2.12. The summed E-state index contributed by atoms with van der Waals surface area (Å²) in [6, 6.07) is 0. The Morgan fingerprint density at radius 1 is 1.53 bits per heavy atom. The number of hydrogen-bond acceptors (Lipinski definition) is 3. The molecule has 1 rings (SSSR count). The normalized spacial score (nSPS) is 20.1. The van der Waals surface area contributed by atoms with Gasteiger partial charge in [-0.1, -0.05) is 11.2 Å². The first-order valence-corrected chi connectivity index (χ1v) is 4.51. The maximum Gasteiger partial charge on any atom is 0.436 e. The van der Waals surface area contributed by atoms with Gasteiger partial charge in [-0.25, -0.2) is 0 Å². The van der Waals surface area contributed by atoms with Crippen LogP contribution in [0.1, 0.15) is 6.42 Å². The van der Waals surface area contributed by atoms with E-state index in [2.05, 4.69) is 9.99 Å². The maximum atomic E-state index is 12.5. The Bertz CT molecular complexity index is 284. The topological polar surface area (TPSA) is 24.8 Å². The van der Waals surface area contributed by atoms with Gasteiger partial charge in [0.2, 0.25) is 0 Å². The van der Waals surface area contributed by atoms with Crippen LogP contribution in [-0.2, 0) is 4.84 Å². The number of hydrogen-bond donors (Lipinski definition) is 0. The number of rotatable bonds is 2. The van der Waals surface area contributed by atoms with Crippen molar-refractivity contribution in [2.75, 3.05) is 27.2 Å². The van der Waals surface area contributed by atoms with Gasteiger partial charge in [0.15, 0.2) is 5.71 Å². The van der Waals surface area contributed by atoms with Gasteiger partial charge in [-0.3, -0.25) is 0 Å². The molecule has 0 unspecified atom stereocenters. The summed E-state index contributed by atoms with van der Waals surface area (Å²) in [5, 5.41) is 3.05. The quantitative estimate of drug-likeness (QED) is 0.526. The highest BCUT2D eigenvalue weighted by molar-refractivity contribution is 6.04. The lowest BCUT2D eigenvalue weighted by Gasteiger charge is -2.24. The van der Waals surface area contributed by atoms with Crippen LogP contribution < -0.4 is 0 Å². The predicted octanol–water partition coefficient (Wildman–Crippen LogP) is 1.81. The molecular formula is C9H13F3N2O. The zero-order chi connectivity index (χ0) is 11.5. The lowest BCUT2D eigenvalue weighted by molar-refractivity contribution is -0.0613. The van der Waals surface area contributed by atoms with Gasteiger partial charge in [-0.2, -0.15) is 13.2 Å². The average molecular weight is 222 g/mol. The van der Waals surface area contributed by atoms with Crippen molar-refractivity contribution in [2.45, 2.75) is 12.6 Å². The second-order valence-corrected chi connectivity index (χ2v) is 3.38. The van der Waals surface area contributed by atoms with Gasteiger partial charge < -0.3 is 9.74 Å². The SMILES string of the molecule is CO/N=C(\C1=CCCN(C)C1)C(F)(F)F. The molecule has 0 atom stereocenters. The minimum absolute atomic E-state index is 0.179. The molecule has 3 nitrogen and oxygen atoms in total. The van der Waals surface area contributed by atoms with Gasteiger partial charge >= 0.3 is 6.18 Å². The van der Waals surface area contributed by atoms with E-state index in [0.717, 1.165) is 13.7 Å². The van der Waals surface area contributed by atoms with Crippen LogP contribution in [0, 0.1) is 0 Å². The smallest absolute Gasteiger partial charge is 0.399 e. The van der Waals surface area contributed by atoms with Crippen molar-refractivity contribution in [3.8, 4) is 0 Å². The van der Waals surface area contributed by atoms with E-state index in [1.54, 1.807) is 13.1 Å². The number of alkyl halides is 3. The fourth-order valence-corrected chi connectivity index (χ4v) is 1.45.